The normalized spacial score (nSPS) is 14.4. The van der Waals surface area contributed by atoms with Crippen molar-refractivity contribution in [3.8, 4) is 0 Å². The molecule has 0 bridgehead atoms. The molecule has 5 nitrogen and oxygen atoms in total. The third kappa shape index (κ3) is 4.81. The van der Waals surface area contributed by atoms with Crippen LogP contribution in [0.1, 0.15) is 13.3 Å². The zero-order chi connectivity index (χ0) is 17.5. The standard InChI is InChI=1S/C18H24FN3O2/c1-3-9-20(15(2)23)10-8-18(24)22-13-11-21(12-14-22)17-6-4-16(19)5-7-17/h3-7H,1,8-14H2,2H3. The summed E-state index contributed by atoms with van der Waals surface area (Å²) in [6.45, 7) is 8.71. The molecule has 0 radical (unpaired) electrons. The van der Waals surface area contributed by atoms with Gasteiger partial charge in [0.2, 0.25) is 11.8 Å². The minimum atomic E-state index is -0.248. The van der Waals surface area contributed by atoms with Gasteiger partial charge in [0, 0.05) is 58.3 Å². The molecule has 1 aliphatic heterocycles. The predicted octanol–water partition coefficient (Wildman–Crippen LogP) is 1.90. The Morgan fingerprint density at radius 3 is 2.38 bits per heavy atom. The number of rotatable bonds is 6. The minimum absolute atomic E-state index is 0.0520. The van der Waals surface area contributed by atoms with Gasteiger partial charge in [0.25, 0.3) is 0 Å². The van der Waals surface area contributed by atoms with E-state index in [2.05, 4.69) is 11.5 Å². The van der Waals surface area contributed by atoms with Crippen molar-refractivity contribution in [3.05, 3.63) is 42.7 Å². The van der Waals surface area contributed by atoms with E-state index < -0.39 is 0 Å². The van der Waals surface area contributed by atoms with Crippen LogP contribution in [-0.2, 0) is 9.59 Å². The van der Waals surface area contributed by atoms with Crippen LogP contribution in [0.2, 0.25) is 0 Å². The summed E-state index contributed by atoms with van der Waals surface area (Å²) in [7, 11) is 0. The van der Waals surface area contributed by atoms with Gasteiger partial charge >= 0.3 is 0 Å². The van der Waals surface area contributed by atoms with Crippen LogP contribution in [0.4, 0.5) is 10.1 Å². The first-order valence-corrected chi connectivity index (χ1v) is 8.16. The Labute approximate surface area is 142 Å². The number of amides is 2. The number of nitrogens with zero attached hydrogens (tertiary/aromatic N) is 3. The van der Waals surface area contributed by atoms with Crippen LogP contribution >= 0.6 is 0 Å². The summed E-state index contributed by atoms with van der Waals surface area (Å²) >= 11 is 0. The number of halogens is 1. The Morgan fingerprint density at radius 1 is 1.21 bits per heavy atom. The molecule has 130 valence electrons. The molecule has 1 heterocycles. The minimum Gasteiger partial charge on any atom is -0.368 e. The van der Waals surface area contributed by atoms with Crippen molar-refractivity contribution in [2.75, 3.05) is 44.2 Å². The number of anilines is 1. The van der Waals surface area contributed by atoms with E-state index in [1.807, 2.05) is 4.90 Å². The Morgan fingerprint density at radius 2 is 1.83 bits per heavy atom. The van der Waals surface area contributed by atoms with E-state index >= 15 is 0 Å². The van der Waals surface area contributed by atoms with Crippen molar-refractivity contribution < 1.29 is 14.0 Å². The number of hydrogen-bond donors (Lipinski definition) is 0. The SMILES string of the molecule is C=CCN(CCC(=O)N1CCN(c2ccc(F)cc2)CC1)C(C)=O. The average molecular weight is 333 g/mol. The van der Waals surface area contributed by atoms with Crippen molar-refractivity contribution in [2.24, 2.45) is 0 Å². The molecule has 0 N–H and O–H groups in total. The summed E-state index contributed by atoms with van der Waals surface area (Å²) in [5, 5.41) is 0. The fourth-order valence-corrected chi connectivity index (χ4v) is 2.79. The van der Waals surface area contributed by atoms with Crippen molar-refractivity contribution in [1.82, 2.24) is 9.80 Å². The van der Waals surface area contributed by atoms with Crippen molar-refractivity contribution in [3.63, 3.8) is 0 Å². The molecule has 0 aromatic heterocycles. The van der Waals surface area contributed by atoms with Crippen molar-refractivity contribution in [2.45, 2.75) is 13.3 Å². The second kappa shape index (κ2) is 8.47. The topological polar surface area (TPSA) is 43.9 Å². The Bertz CT molecular complexity index is 580. The molecule has 0 atom stereocenters. The maximum absolute atomic E-state index is 13.0. The monoisotopic (exact) mass is 333 g/mol. The highest BCUT2D eigenvalue weighted by Gasteiger charge is 2.21. The molecule has 2 amide bonds. The van der Waals surface area contributed by atoms with E-state index in [-0.39, 0.29) is 17.6 Å². The first-order valence-electron chi connectivity index (χ1n) is 8.16. The van der Waals surface area contributed by atoms with Gasteiger partial charge in [0.1, 0.15) is 5.82 Å². The predicted molar refractivity (Wildman–Crippen MR) is 92.3 cm³/mol. The molecule has 1 fully saturated rings. The van der Waals surface area contributed by atoms with Crippen LogP contribution in [0.3, 0.4) is 0 Å². The van der Waals surface area contributed by atoms with E-state index in [0.717, 1.165) is 18.8 Å². The smallest absolute Gasteiger partial charge is 0.224 e. The van der Waals surface area contributed by atoms with Gasteiger partial charge in [-0.1, -0.05) is 6.08 Å². The van der Waals surface area contributed by atoms with Crippen LogP contribution in [0, 0.1) is 5.82 Å². The Kier molecular flexibility index (Phi) is 6.35. The molecule has 0 aliphatic carbocycles. The first-order chi connectivity index (χ1) is 11.5. The zero-order valence-electron chi connectivity index (χ0n) is 14.1. The number of benzene rings is 1. The Hall–Kier alpha value is -2.37. The molecule has 1 saturated heterocycles. The summed E-state index contributed by atoms with van der Waals surface area (Å²) in [4.78, 5) is 29.4. The maximum Gasteiger partial charge on any atom is 0.224 e. The summed E-state index contributed by atoms with van der Waals surface area (Å²) < 4.78 is 13.0. The van der Waals surface area contributed by atoms with Gasteiger partial charge in [0.15, 0.2) is 0 Å². The van der Waals surface area contributed by atoms with Crippen molar-refractivity contribution >= 4 is 17.5 Å². The van der Waals surface area contributed by atoms with Gasteiger partial charge < -0.3 is 14.7 Å². The lowest BCUT2D eigenvalue weighted by atomic mass is 10.2. The molecular weight excluding hydrogens is 309 g/mol. The van der Waals surface area contributed by atoms with E-state index in [1.165, 1.54) is 19.1 Å². The molecule has 2 rings (SSSR count). The summed E-state index contributed by atoms with van der Waals surface area (Å²) in [5.41, 5.74) is 0.970. The average Bonchev–Trinajstić information content (AvgIpc) is 2.59. The fraction of sp³-hybridized carbons (Fsp3) is 0.444. The van der Waals surface area contributed by atoms with Gasteiger partial charge in [-0.2, -0.15) is 0 Å². The second-order valence-electron chi connectivity index (χ2n) is 5.85. The summed E-state index contributed by atoms with van der Waals surface area (Å²) in [6, 6.07) is 6.41. The highest BCUT2D eigenvalue weighted by atomic mass is 19.1. The van der Waals surface area contributed by atoms with E-state index in [9.17, 15) is 14.0 Å². The lowest BCUT2D eigenvalue weighted by molar-refractivity contribution is -0.133. The number of piperazine rings is 1. The molecule has 0 saturated carbocycles. The molecular formula is C18H24FN3O2. The molecule has 1 aromatic rings. The molecule has 6 heteroatoms. The molecule has 0 unspecified atom stereocenters. The molecule has 1 aromatic carbocycles. The number of carbonyl (C=O) groups excluding carboxylic acids is 2. The van der Waals surface area contributed by atoms with Gasteiger partial charge in [-0.15, -0.1) is 6.58 Å². The van der Waals surface area contributed by atoms with Gasteiger partial charge in [-0.3, -0.25) is 9.59 Å². The summed E-state index contributed by atoms with van der Waals surface area (Å²) in [5.74, 6) is -0.241. The number of carbonyl (C=O) groups is 2. The van der Waals surface area contributed by atoms with E-state index in [1.54, 1.807) is 23.1 Å². The maximum atomic E-state index is 13.0. The highest BCUT2D eigenvalue weighted by molar-refractivity contribution is 5.78. The third-order valence-corrected chi connectivity index (χ3v) is 4.21. The van der Waals surface area contributed by atoms with Crippen LogP contribution in [-0.4, -0.2) is 60.9 Å². The van der Waals surface area contributed by atoms with E-state index in [0.29, 0.717) is 32.6 Å². The van der Waals surface area contributed by atoms with Gasteiger partial charge in [0.05, 0.1) is 0 Å². The second-order valence-corrected chi connectivity index (χ2v) is 5.85. The fourth-order valence-electron chi connectivity index (χ4n) is 2.79. The van der Waals surface area contributed by atoms with E-state index in [4.69, 9.17) is 0 Å². The zero-order valence-corrected chi connectivity index (χ0v) is 14.1. The van der Waals surface area contributed by atoms with Gasteiger partial charge in [-0.05, 0) is 24.3 Å². The van der Waals surface area contributed by atoms with Crippen LogP contribution in [0.15, 0.2) is 36.9 Å². The third-order valence-electron chi connectivity index (χ3n) is 4.21. The molecule has 24 heavy (non-hydrogen) atoms. The highest BCUT2D eigenvalue weighted by Crippen LogP contribution is 2.17. The molecule has 1 aliphatic rings. The Balaban J connectivity index is 1.80. The van der Waals surface area contributed by atoms with Crippen LogP contribution < -0.4 is 4.90 Å². The molecule has 0 spiro atoms. The number of hydrogen-bond acceptors (Lipinski definition) is 3. The van der Waals surface area contributed by atoms with Gasteiger partial charge in [-0.25, -0.2) is 4.39 Å². The van der Waals surface area contributed by atoms with Crippen LogP contribution in [0.5, 0.6) is 0 Å². The van der Waals surface area contributed by atoms with Crippen LogP contribution in [0.25, 0.3) is 0 Å². The van der Waals surface area contributed by atoms with Crippen molar-refractivity contribution in [1.29, 1.82) is 0 Å². The quantitative estimate of drug-likeness (QED) is 0.747. The lowest BCUT2D eigenvalue weighted by Gasteiger charge is -2.36. The first kappa shape index (κ1) is 18.0. The summed E-state index contributed by atoms with van der Waals surface area (Å²) in [6.07, 6.45) is 1.98. The lowest BCUT2D eigenvalue weighted by Crippen LogP contribution is -2.49. The largest absolute Gasteiger partial charge is 0.368 e.